The number of benzene rings is 1. The molecule has 0 unspecified atom stereocenters. The highest BCUT2D eigenvalue weighted by atomic mass is 16.2. The summed E-state index contributed by atoms with van der Waals surface area (Å²) in [6.45, 7) is 11.8. The van der Waals surface area contributed by atoms with Crippen LogP contribution in [-0.2, 0) is 5.41 Å². The molecule has 184 valence electrons. The number of likely N-dealkylation sites (N-methyl/N-ethyl adjacent to an activating group) is 1. The van der Waals surface area contributed by atoms with Crippen LogP contribution in [0.5, 0.6) is 0 Å². The summed E-state index contributed by atoms with van der Waals surface area (Å²) in [7, 11) is 2.17. The van der Waals surface area contributed by atoms with Gasteiger partial charge in [-0.2, -0.15) is 0 Å². The van der Waals surface area contributed by atoms with E-state index >= 15 is 0 Å². The molecule has 0 saturated carbocycles. The Kier molecular flexibility index (Phi) is 6.40. The van der Waals surface area contributed by atoms with Crippen LogP contribution in [0.2, 0.25) is 0 Å². The van der Waals surface area contributed by atoms with Crippen LogP contribution >= 0.6 is 0 Å². The molecule has 8 heteroatoms. The number of rotatable bonds is 3. The average molecular weight is 474 g/mol. The molecule has 2 saturated heterocycles. The van der Waals surface area contributed by atoms with E-state index in [0.717, 1.165) is 61.4 Å². The first-order valence-electron chi connectivity index (χ1n) is 12.6. The Morgan fingerprint density at radius 2 is 1.60 bits per heavy atom. The second-order valence-electron chi connectivity index (χ2n) is 10.9. The Hall–Kier alpha value is -3.13. The van der Waals surface area contributed by atoms with Gasteiger partial charge in [-0.3, -0.25) is 4.79 Å². The van der Waals surface area contributed by atoms with Crippen LogP contribution in [0.1, 0.15) is 61.4 Å². The summed E-state index contributed by atoms with van der Waals surface area (Å²) >= 11 is 0. The minimum Gasteiger partial charge on any atom is -0.369 e. The van der Waals surface area contributed by atoms with E-state index < -0.39 is 0 Å². The van der Waals surface area contributed by atoms with E-state index in [9.17, 15) is 4.79 Å². The van der Waals surface area contributed by atoms with Gasteiger partial charge in [-0.25, -0.2) is 19.9 Å². The summed E-state index contributed by atoms with van der Waals surface area (Å²) in [5.41, 5.74) is 3.76. The predicted octanol–water partition coefficient (Wildman–Crippen LogP) is 3.49. The molecule has 2 aliphatic rings. The maximum Gasteiger partial charge on any atom is 0.256 e. The number of nitrogens with zero attached hydrogens (tertiary/aromatic N) is 7. The largest absolute Gasteiger partial charge is 0.369 e. The topological polar surface area (TPSA) is 78.4 Å². The van der Waals surface area contributed by atoms with Crippen molar-refractivity contribution in [3.05, 3.63) is 54.0 Å². The number of hydrogen-bond donors (Lipinski definition) is 0. The third-order valence-corrected chi connectivity index (χ3v) is 7.26. The fourth-order valence-electron chi connectivity index (χ4n) is 5.02. The first kappa shape index (κ1) is 23.6. The van der Waals surface area contributed by atoms with Crippen LogP contribution in [0.4, 0.5) is 5.69 Å². The Morgan fingerprint density at radius 1 is 0.914 bits per heavy atom. The average Bonchev–Trinajstić information content (AvgIpc) is 2.88. The summed E-state index contributed by atoms with van der Waals surface area (Å²) < 4.78 is 0. The predicted molar refractivity (Wildman–Crippen MR) is 138 cm³/mol. The molecule has 0 aliphatic carbocycles. The number of carbonyl (C=O) groups is 1. The number of likely N-dealkylation sites (tertiary alicyclic amines) is 1. The monoisotopic (exact) mass is 473 g/mol. The molecule has 0 bridgehead atoms. The van der Waals surface area contributed by atoms with E-state index in [2.05, 4.69) is 75.8 Å². The maximum absolute atomic E-state index is 13.0. The molecular formula is C27H35N7O. The number of aromatic nitrogens is 4. The Bertz CT molecular complexity index is 1190. The fourth-order valence-corrected chi connectivity index (χ4v) is 5.02. The highest BCUT2D eigenvalue weighted by molar-refractivity contribution is 5.93. The van der Waals surface area contributed by atoms with E-state index in [1.165, 1.54) is 5.69 Å². The molecule has 0 atom stereocenters. The van der Waals surface area contributed by atoms with Crippen molar-refractivity contribution in [1.82, 2.24) is 29.7 Å². The molecule has 8 nitrogen and oxygen atoms in total. The highest BCUT2D eigenvalue weighted by Gasteiger charge is 2.27. The van der Waals surface area contributed by atoms with E-state index in [-0.39, 0.29) is 11.3 Å². The van der Waals surface area contributed by atoms with Crippen molar-refractivity contribution in [3.63, 3.8) is 0 Å². The molecule has 2 aliphatic heterocycles. The van der Waals surface area contributed by atoms with E-state index in [1.54, 1.807) is 18.7 Å². The second-order valence-corrected chi connectivity index (χ2v) is 10.9. The van der Waals surface area contributed by atoms with Crippen LogP contribution in [0.15, 0.2) is 36.9 Å². The summed E-state index contributed by atoms with van der Waals surface area (Å²) in [5, 5.41) is 1.13. The lowest BCUT2D eigenvalue weighted by Crippen LogP contribution is -2.44. The summed E-state index contributed by atoms with van der Waals surface area (Å²) in [6.07, 6.45) is 6.80. The van der Waals surface area contributed by atoms with Gasteiger partial charge in [0.15, 0.2) is 0 Å². The van der Waals surface area contributed by atoms with E-state index in [0.29, 0.717) is 24.6 Å². The van der Waals surface area contributed by atoms with Gasteiger partial charge in [0.2, 0.25) is 0 Å². The molecule has 0 radical (unpaired) electrons. The molecule has 0 spiro atoms. The van der Waals surface area contributed by atoms with Gasteiger partial charge in [0, 0.05) is 74.1 Å². The minimum absolute atomic E-state index is 0.00766. The molecular weight excluding hydrogens is 438 g/mol. The van der Waals surface area contributed by atoms with Crippen molar-refractivity contribution in [1.29, 1.82) is 0 Å². The first-order valence-corrected chi connectivity index (χ1v) is 12.6. The van der Waals surface area contributed by atoms with Gasteiger partial charge in [0.05, 0.1) is 16.8 Å². The van der Waals surface area contributed by atoms with Crippen molar-refractivity contribution < 1.29 is 4.79 Å². The van der Waals surface area contributed by atoms with Gasteiger partial charge in [-0.15, -0.1) is 0 Å². The molecule has 2 fully saturated rings. The molecule has 3 aromatic rings. The van der Waals surface area contributed by atoms with Gasteiger partial charge in [0.25, 0.3) is 5.91 Å². The zero-order valence-electron chi connectivity index (χ0n) is 21.2. The molecule has 35 heavy (non-hydrogen) atoms. The summed E-state index contributed by atoms with van der Waals surface area (Å²) in [5.74, 6) is 1.08. The SMILES string of the molecule is CN1CCN(c2ccc3c(C4CCN(C(=O)c5cnc(C(C)(C)C)nc5)CC4)ncnc3c2)CC1. The smallest absolute Gasteiger partial charge is 0.256 e. The minimum atomic E-state index is -0.133. The van der Waals surface area contributed by atoms with Crippen molar-refractivity contribution in [2.45, 2.75) is 44.9 Å². The number of piperazine rings is 1. The lowest BCUT2D eigenvalue weighted by atomic mass is 9.90. The molecule has 1 amide bonds. The Morgan fingerprint density at radius 3 is 2.26 bits per heavy atom. The number of carbonyl (C=O) groups excluding carboxylic acids is 1. The Labute approximate surface area is 207 Å². The van der Waals surface area contributed by atoms with Crippen LogP contribution < -0.4 is 4.90 Å². The number of piperidine rings is 1. The third kappa shape index (κ3) is 4.98. The standard InChI is InChI=1S/C27H35N7O/c1-27(2,3)26-28-16-20(17-29-26)25(35)34-9-7-19(8-10-34)24-22-6-5-21(15-23(22)30-18-31-24)33-13-11-32(4)12-14-33/h5-6,15-19H,7-14H2,1-4H3. The van der Waals surface area contributed by atoms with Crippen molar-refractivity contribution in [2.24, 2.45) is 0 Å². The van der Waals surface area contributed by atoms with Gasteiger partial charge in [-0.1, -0.05) is 20.8 Å². The number of fused-ring (bicyclic) bond motifs is 1. The normalized spacial score (nSPS) is 18.3. The van der Waals surface area contributed by atoms with Gasteiger partial charge >= 0.3 is 0 Å². The Balaban J connectivity index is 1.27. The number of anilines is 1. The molecule has 5 rings (SSSR count). The number of hydrogen-bond acceptors (Lipinski definition) is 7. The van der Waals surface area contributed by atoms with Crippen LogP contribution in [0, 0.1) is 0 Å². The zero-order chi connectivity index (χ0) is 24.6. The maximum atomic E-state index is 13.0. The van der Waals surface area contributed by atoms with Gasteiger partial charge < -0.3 is 14.7 Å². The number of amides is 1. The molecule has 4 heterocycles. The van der Waals surface area contributed by atoms with E-state index in [4.69, 9.17) is 0 Å². The lowest BCUT2D eigenvalue weighted by Gasteiger charge is -2.34. The van der Waals surface area contributed by atoms with Crippen molar-refractivity contribution in [2.75, 3.05) is 51.2 Å². The van der Waals surface area contributed by atoms with Crippen LogP contribution in [0.3, 0.4) is 0 Å². The highest BCUT2D eigenvalue weighted by Crippen LogP contribution is 2.33. The van der Waals surface area contributed by atoms with Gasteiger partial charge in [-0.05, 0) is 38.1 Å². The van der Waals surface area contributed by atoms with Crippen LogP contribution in [-0.4, -0.2) is 82.0 Å². The first-order chi connectivity index (χ1) is 16.8. The van der Waals surface area contributed by atoms with Crippen molar-refractivity contribution >= 4 is 22.5 Å². The third-order valence-electron chi connectivity index (χ3n) is 7.26. The molecule has 2 aromatic heterocycles. The molecule has 1 aromatic carbocycles. The van der Waals surface area contributed by atoms with Crippen molar-refractivity contribution in [3.8, 4) is 0 Å². The second kappa shape index (κ2) is 9.49. The lowest BCUT2D eigenvalue weighted by molar-refractivity contribution is 0.0711. The molecule has 0 N–H and O–H groups in total. The van der Waals surface area contributed by atoms with Crippen LogP contribution in [0.25, 0.3) is 10.9 Å². The van der Waals surface area contributed by atoms with E-state index in [1.807, 2.05) is 4.90 Å². The summed E-state index contributed by atoms with van der Waals surface area (Å²) in [4.78, 5) is 37.9. The quantitative estimate of drug-likeness (QED) is 0.576. The summed E-state index contributed by atoms with van der Waals surface area (Å²) in [6, 6.07) is 6.59. The zero-order valence-corrected chi connectivity index (χ0v) is 21.2. The fraction of sp³-hybridized carbons (Fsp3) is 0.519. The van der Waals surface area contributed by atoms with Gasteiger partial charge in [0.1, 0.15) is 12.2 Å².